The molecule has 3 heterocycles. The molecule has 0 bridgehead atoms. The third-order valence-electron chi connectivity index (χ3n) is 6.40. The minimum absolute atomic E-state index is 0.0413. The minimum Gasteiger partial charge on any atom is -0.465 e. The van der Waals surface area contributed by atoms with Gasteiger partial charge >= 0.3 is 5.97 Å². The van der Waals surface area contributed by atoms with E-state index in [0.717, 1.165) is 36.2 Å². The van der Waals surface area contributed by atoms with Gasteiger partial charge in [-0.15, -0.1) is 22.7 Å². The number of non-ortho nitro benzene ring substituents is 1. The molecule has 0 unspecified atom stereocenters. The van der Waals surface area contributed by atoms with Crippen molar-refractivity contribution in [3.63, 3.8) is 0 Å². The molecule has 3 aromatic rings. The van der Waals surface area contributed by atoms with Gasteiger partial charge in [0.05, 0.1) is 22.6 Å². The number of esters is 1. The van der Waals surface area contributed by atoms with Gasteiger partial charge in [0.2, 0.25) is 0 Å². The zero-order valence-corrected chi connectivity index (χ0v) is 22.4. The number of ether oxygens (including phenoxy) is 1. The number of hydrogen-bond donors (Lipinski definition) is 1. The van der Waals surface area contributed by atoms with Gasteiger partial charge in [0, 0.05) is 53.3 Å². The number of carbonyl (C=O) groups is 2. The summed E-state index contributed by atoms with van der Waals surface area (Å²) in [5.41, 5.74) is 1.59. The SMILES string of the molecule is COC(=O)c1c(NC(=S)N2CCN(C(=O)c3sc4cc([N+](=O)[O-])ccc4c3Cl)CC2)sc2c1CCC2. The highest BCUT2D eigenvalue weighted by atomic mass is 35.5. The fourth-order valence-electron chi connectivity index (χ4n) is 4.55. The number of benzene rings is 1. The van der Waals surface area contributed by atoms with Gasteiger partial charge in [-0.05, 0) is 43.1 Å². The Labute approximate surface area is 224 Å². The van der Waals surface area contributed by atoms with Crippen LogP contribution in [-0.4, -0.2) is 65.0 Å². The average molecular weight is 565 g/mol. The molecule has 1 aliphatic carbocycles. The lowest BCUT2D eigenvalue weighted by atomic mass is 10.1. The maximum absolute atomic E-state index is 13.2. The second-order valence-corrected chi connectivity index (χ2v) is 11.4. The first-order chi connectivity index (χ1) is 17.3. The van der Waals surface area contributed by atoms with Crippen LogP contribution in [0, 0.1) is 10.1 Å². The van der Waals surface area contributed by atoms with Crippen molar-refractivity contribution < 1.29 is 19.2 Å². The molecular weight excluding hydrogens is 544 g/mol. The standard InChI is InChI=1S/C23H21ClN4O5S3/c1-33-22(30)17-13-3-2-4-15(13)36-20(17)25-23(34)27-9-7-26(8-10-27)21(29)19-18(24)14-6-5-12(28(31)32)11-16(14)35-19/h5-6,11H,2-4,7-10H2,1H3,(H,25,34). The number of carbonyl (C=O) groups excluding carboxylic acids is 2. The Morgan fingerprint density at radius 3 is 2.58 bits per heavy atom. The van der Waals surface area contributed by atoms with Gasteiger partial charge in [-0.2, -0.15) is 0 Å². The fourth-order valence-corrected chi connectivity index (χ4v) is 7.69. The Kier molecular flexibility index (Phi) is 6.86. The number of nitro benzene ring substituents is 1. The van der Waals surface area contributed by atoms with Gasteiger partial charge in [-0.25, -0.2) is 4.79 Å². The third-order valence-corrected chi connectivity index (χ3v) is 9.62. The topological polar surface area (TPSA) is 105 Å². The van der Waals surface area contributed by atoms with Crippen molar-refractivity contribution in [3.05, 3.63) is 54.2 Å². The van der Waals surface area contributed by atoms with Crippen LogP contribution in [0.1, 0.15) is 36.9 Å². The van der Waals surface area contributed by atoms with E-state index in [2.05, 4.69) is 5.32 Å². The number of fused-ring (bicyclic) bond motifs is 2. The Balaban J connectivity index is 1.26. The number of nitrogens with zero attached hydrogens (tertiary/aromatic N) is 3. The Morgan fingerprint density at radius 2 is 1.89 bits per heavy atom. The molecule has 1 aliphatic heterocycles. The Hall–Kier alpha value is -2.80. The summed E-state index contributed by atoms with van der Waals surface area (Å²) in [6.45, 7) is 1.92. The molecule has 0 spiro atoms. The van der Waals surface area contributed by atoms with Crippen molar-refractivity contribution in [2.24, 2.45) is 0 Å². The molecule has 1 amide bonds. The zero-order valence-electron chi connectivity index (χ0n) is 19.2. The van der Waals surface area contributed by atoms with Gasteiger partial charge in [0.25, 0.3) is 11.6 Å². The molecule has 1 N–H and O–H groups in total. The number of anilines is 1. The lowest BCUT2D eigenvalue weighted by molar-refractivity contribution is -0.384. The van der Waals surface area contributed by atoms with E-state index in [1.807, 2.05) is 4.90 Å². The van der Waals surface area contributed by atoms with Crippen molar-refractivity contribution in [2.75, 3.05) is 38.6 Å². The summed E-state index contributed by atoms with van der Waals surface area (Å²) >= 11 is 14.8. The molecule has 5 rings (SSSR count). The van der Waals surface area contributed by atoms with Crippen LogP contribution in [0.15, 0.2) is 18.2 Å². The summed E-state index contributed by atoms with van der Waals surface area (Å²) in [6.07, 6.45) is 2.85. The molecule has 0 saturated carbocycles. The fraction of sp³-hybridized carbons (Fsp3) is 0.348. The highest BCUT2D eigenvalue weighted by molar-refractivity contribution is 7.80. The molecule has 1 saturated heterocycles. The summed E-state index contributed by atoms with van der Waals surface area (Å²) in [7, 11) is 1.38. The quantitative estimate of drug-likeness (QED) is 0.205. The highest BCUT2D eigenvalue weighted by Crippen LogP contribution is 2.40. The van der Waals surface area contributed by atoms with Crippen LogP contribution in [0.2, 0.25) is 5.02 Å². The van der Waals surface area contributed by atoms with E-state index in [1.165, 1.54) is 24.1 Å². The number of thiophene rings is 2. The Morgan fingerprint density at radius 1 is 1.17 bits per heavy atom. The summed E-state index contributed by atoms with van der Waals surface area (Å²) in [5, 5.41) is 16.5. The van der Waals surface area contributed by atoms with E-state index < -0.39 is 4.92 Å². The largest absolute Gasteiger partial charge is 0.465 e. The smallest absolute Gasteiger partial charge is 0.341 e. The normalized spacial score (nSPS) is 15.2. The highest BCUT2D eigenvalue weighted by Gasteiger charge is 2.30. The van der Waals surface area contributed by atoms with Gasteiger partial charge in [-0.1, -0.05) is 11.6 Å². The van der Waals surface area contributed by atoms with Crippen LogP contribution in [0.5, 0.6) is 0 Å². The first-order valence-electron chi connectivity index (χ1n) is 11.2. The number of nitrogens with one attached hydrogen (secondary N) is 1. The summed E-state index contributed by atoms with van der Waals surface area (Å²) in [5.74, 6) is -0.564. The molecule has 2 aliphatic rings. The maximum atomic E-state index is 13.2. The number of nitro groups is 1. The number of hydrogen-bond acceptors (Lipinski definition) is 8. The molecular formula is C23H21ClN4O5S3. The van der Waals surface area contributed by atoms with Crippen LogP contribution in [0.3, 0.4) is 0 Å². The van der Waals surface area contributed by atoms with Crippen LogP contribution in [0.4, 0.5) is 10.7 Å². The maximum Gasteiger partial charge on any atom is 0.341 e. The van der Waals surface area contributed by atoms with E-state index >= 15 is 0 Å². The lowest BCUT2D eigenvalue weighted by Gasteiger charge is -2.36. The van der Waals surface area contributed by atoms with E-state index in [0.29, 0.717) is 61.8 Å². The van der Waals surface area contributed by atoms with Gasteiger partial charge in [0.15, 0.2) is 5.11 Å². The first kappa shape index (κ1) is 24.9. The van der Waals surface area contributed by atoms with E-state index in [1.54, 1.807) is 22.3 Å². The van der Waals surface area contributed by atoms with Gasteiger partial charge < -0.3 is 19.9 Å². The summed E-state index contributed by atoms with van der Waals surface area (Å²) in [6, 6.07) is 4.40. The number of thiocarbonyl (C=S) groups is 1. The average Bonchev–Trinajstić information content (AvgIpc) is 3.56. The summed E-state index contributed by atoms with van der Waals surface area (Å²) < 4.78 is 5.61. The number of piperazine rings is 1. The van der Waals surface area contributed by atoms with Crippen molar-refractivity contribution >= 4 is 84.3 Å². The monoisotopic (exact) mass is 564 g/mol. The summed E-state index contributed by atoms with van der Waals surface area (Å²) in [4.78, 5) is 41.5. The lowest BCUT2D eigenvalue weighted by Crippen LogP contribution is -2.51. The second-order valence-electron chi connectivity index (χ2n) is 8.45. The predicted octanol–water partition coefficient (Wildman–Crippen LogP) is 4.95. The van der Waals surface area contributed by atoms with Crippen molar-refractivity contribution in [2.45, 2.75) is 19.3 Å². The molecule has 36 heavy (non-hydrogen) atoms. The van der Waals surface area contributed by atoms with E-state index in [9.17, 15) is 19.7 Å². The van der Waals surface area contributed by atoms with Crippen LogP contribution in [-0.2, 0) is 17.6 Å². The molecule has 0 atom stereocenters. The molecule has 2 aromatic heterocycles. The minimum atomic E-state index is -0.470. The number of aryl methyl sites for hydroxylation is 1. The van der Waals surface area contributed by atoms with E-state index in [4.69, 9.17) is 28.6 Å². The zero-order chi connectivity index (χ0) is 25.6. The van der Waals surface area contributed by atoms with Gasteiger partial charge in [-0.3, -0.25) is 14.9 Å². The second kappa shape index (κ2) is 9.92. The van der Waals surface area contributed by atoms with E-state index in [-0.39, 0.29) is 17.6 Å². The van der Waals surface area contributed by atoms with Crippen molar-refractivity contribution in [3.8, 4) is 0 Å². The number of amides is 1. The number of methoxy groups -OCH3 is 1. The van der Waals surface area contributed by atoms with Crippen LogP contribution in [0.25, 0.3) is 10.1 Å². The number of halogens is 1. The number of rotatable bonds is 4. The van der Waals surface area contributed by atoms with Crippen molar-refractivity contribution in [1.82, 2.24) is 9.80 Å². The Bertz CT molecular complexity index is 1410. The van der Waals surface area contributed by atoms with Crippen molar-refractivity contribution in [1.29, 1.82) is 0 Å². The first-order valence-corrected chi connectivity index (χ1v) is 13.6. The molecule has 9 nitrogen and oxygen atoms in total. The van der Waals surface area contributed by atoms with Gasteiger partial charge in [0.1, 0.15) is 9.88 Å². The molecule has 0 radical (unpaired) electrons. The van der Waals surface area contributed by atoms with Crippen LogP contribution >= 0.6 is 46.5 Å². The molecule has 13 heteroatoms. The predicted molar refractivity (Wildman–Crippen MR) is 145 cm³/mol. The molecule has 188 valence electrons. The molecule has 1 aromatic carbocycles. The molecule has 1 fully saturated rings. The third kappa shape index (κ3) is 4.42. The van der Waals surface area contributed by atoms with Crippen LogP contribution < -0.4 is 5.32 Å².